The van der Waals surface area contributed by atoms with Gasteiger partial charge in [-0.1, -0.05) is 20.3 Å². The summed E-state index contributed by atoms with van der Waals surface area (Å²) in [4.78, 5) is 0. The Kier molecular flexibility index (Phi) is 2.83. The van der Waals surface area contributed by atoms with Gasteiger partial charge in [0.2, 0.25) is 0 Å². The average molecular weight is 199 g/mol. The Morgan fingerprint density at radius 1 is 1.21 bits per heavy atom. The van der Waals surface area contributed by atoms with E-state index in [4.69, 9.17) is 0 Å². The van der Waals surface area contributed by atoms with Crippen LogP contribution in [-0.2, 0) is 0 Å². The molecule has 14 heavy (non-hydrogen) atoms. The molecule has 1 aliphatic heterocycles. The Morgan fingerprint density at radius 2 is 2.00 bits per heavy atom. The van der Waals surface area contributed by atoms with Crippen LogP contribution in [0.4, 0.5) is 4.39 Å². The Bertz CT molecular complexity index is 198. The molecule has 1 nitrogen and oxygen atoms in total. The van der Waals surface area contributed by atoms with Gasteiger partial charge in [-0.3, -0.25) is 0 Å². The van der Waals surface area contributed by atoms with Crippen LogP contribution in [-0.4, -0.2) is 18.8 Å². The molecule has 1 N–H and O–H groups in total. The molecule has 82 valence electrons. The fourth-order valence-corrected chi connectivity index (χ4v) is 3.05. The molecular formula is C12H22FN. The van der Waals surface area contributed by atoms with Crippen LogP contribution in [0, 0.1) is 17.8 Å². The largest absolute Gasteiger partial charge is 0.313 e. The predicted molar refractivity (Wildman–Crippen MR) is 57.0 cm³/mol. The molecule has 2 rings (SSSR count). The summed E-state index contributed by atoms with van der Waals surface area (Å²) in [6.07, 6.45) is 4.15. The fourth-order valence-electron chi connectivity index (χ4n) is 3.05. The number of alkyl halides is 1. The summed E-state index contributed by atoms with van der Waals surface area (Å²) in [5.41, 5.74) is -0.881. The third-order valence-electron chi connectivity index (χ3n) is 4.47. The van der Waals surface area contributed by atoms with E-state index in [1.165, 1.54) is 6.42 Å². The Morgan fingerprint density at radius 3 is 2.57 bits per heavy atom. The van der Waals surface area contributed by atoms with E-state index in [2.05, 4.69) is 19.2 Å². The SMILES string of the molecule is CC1CCC(C2(F)CCNC2)CC1C. The molecule has 0 radical (unpaired) electrons. The van der Waals surface area contributed by atoms with E-state index in [0.29, 0.717) is 18.4 Å². The second kappa shape index (κ2) is 3.80. The second-order valence-corrected chi connectivity index (χ2v) is 5.43. The first-order valence-corrected chi connectivity index (χ1v) is 6.01. The summed E-state index contributed by atoms with van der Waals surface area (Å²) >= 11 is 0. The molecule has 1 heterocycles. The predicted octanol–water partition coefficient (Wildman–Crippen LogP) is 2.76. The summed E-state index contributed by atoms with van der Waals surface area (Å²) in [5, 5.41) is 3.16. The minimum absolute atomic E-state index is 0.323. The van der Waals surface area contributed by atoms with Crippen molar-refractivity contribution >= 4 is 0 Å². The highest BCUT2D eigenvalue weighted by Crippen LogP contribution is 2.42. The van der Waals surface area contributed by atoms with E-state index in [-0.39, 0.29) is 0 Å². The molecule has 0 aromatic carbocycles. The van der Waals surface area contributed by atoms with Gasteiger partial charge in [0, 0.05) is 6.54 Å². The van der Waals surface area contributed by atoms with Gasteiger partial charge in [-0.15, -0.1) is 0 Å². The molecule has 0 amide bonds. The lowest BCUT2D eigenvalue weighted by Crippen LogP contribution is -2.39. The molecule has 4 atom stereocenters. The summed E-state index contributed by atoms with van der Waals surface area (Å²) < 4.78 is 14.4. The lowest BCUT2D eigenvalue weighted by Gasteiger charge is -2.38. The molecule has 1 aliphatic carbocycles. The van der Waals surface area contributed by atoms with E-state index in [0.717, 1.165) is 31.7 Å². The molecule has 1 saturated heterocycles. The summed E-state index contributed by atoms with van der Waals surface area (Å²) in [5.74, 6) is 1.83. The van der Waals surface area contributed by atoms with Gasteiger partial charge in [0.05, 0.1) is 0 Å². The summed E-state index contributed by atoms with van der Waals surface area (Å²) in [6, 6.07) is 0. The lowest BCUT2D eigenvalue weighted by molar-refractivity contribution is 0.0455. The molecule has 1 saturated carbocycles. The minimum Gasteiger partial charge on any atom is -0.313 e. The number of rotatable bonds is 1. The number of hydrogen-bond acceptors (Lipinski definition) is 1. The van der Waals surface area contributed by atoms with E-state index in [1.807, 2.05) is 0 Å². The van der Waals surface area contributed by atoms with Gasteiger partial charge in [0.15, 0.2) is 0 Å². The van der Waals surface area contributed by atoms with Crippen LogP contribution in [0.3, 0.4) is 0 Å². The van der Waals surface area contributed by atoms with Gasteiger partial charge in [0.1, 0.15) is 5.67 Å². The third-order valence-corrected chi connectivity index (χ3v) is 4.47. The quantitative estimate of drug-likeness (QED) is 0.684. The van der Waals surface area contributed by atoms with E-state index in [9.17, 15) is 4.39 Å². The van der Waals surface area contributed by atoms with Crippen LogP contribution in [0.5, 0.6) is 0 Å². The van der Waals surface area contributed by atoms with Gasteiger partial charge in [-0.25, -0.2) is 4.39 Å². The zero-order valence-electron chi connectivity index (χ0n) is 9.35. The van der Waals surface area contributed by atoms with Gasteiger partial charge in [-0.2, -0.15) is 0 Å². The monoisotopic (exact) mass is 199 g/mol. The average Bonchev–Trinajstić information content (AvgIpc) is 2.58. The Labute approximate surface area is 86.5 Å². The number of nitrogens with one attached hydrogen (secondary N) is 1. The summed E-state index contributed by atoms with van der Waals surface area (Å²) in [7, 11) is 0. The van der Waals surface area contributed by atoms with E-state index in [1.54, 1.807) is 0 Å². The highest BCUT2D eigenvalue weighted by atomic mass is 19.1. The van der Waals surface area contributed by atoms with Crippen molar-refractivity contribution in [2.75, 3.05) is 13.1 Å². The van der Waals surface area contributed by atoms with Crippen LogP contribution in [0.2, 0.25) is 0 Å². The maximum absolute atomic E-state index is 14.4. The van der Waals surface area contributed by atoms with Crippen molar-refractivity contribution in [2.45, 2.75) is 45.2 Å². The van der Waals surface area contributed by atoms with Crippen molar-refractivity contribution in [3.63, 3.8) is 0 Å². The first-order valence-electron chi connectivity index (χ1n) is 6.01. The van der Waals surface area contributed by atoms with Gasteiger partial charge >= 0.3 is 0 Å². The van der Waals surface area contributed by atoms with Crippen molar-refractivity contribution in [3.8, 4) is 0 Å². The fraction of sp³-hybridized carbons (Fsp3) is 1.00. The molecule has 0 aromatic rings. The smallest absolute Gasteiger partial charge is 0.127 e. The second-order valence-electron chi connectivity index (χ2n) is 5.43. The highest BCUT2D eigenvalue weighted by Gasteiger charge is 2.43. The molecule has 0 aromatic heterocycles. The van der Waals surface area contributed by atoms with Crippen LogP contribution >= 0.6 is 0 Å². The molecule has 2 fully saturated rings. The van der Waals surface area contributed by atoms with E-state index >= 15 is 0 Å². The molecular weight excluding hydrogens is 177 g/mol. The molecule has 2 heteroatoms. The minimum atomic E-state index is -0.881. The van der Waals surface area contributed by atoms with E-state index < -0.39 is 5.67 Å². The topological polar surface area (TPSA) is 12.0 Å². The lowest BCUT2D eigenvalue weighted by atomic mass is 9.70. The Balaban J connectivity index is 1.98. The maximum Gasteiger partial charge on any atom is 0.127 e. The van der Waals surface area contributed by atoms with Gasteiger partial charge < -0.3 is 5.32 Å². The first kappa shape index (κ1) is 10.4. The molecule has 2 aliphatic rings. The highest BCUT2D eigenvalue weighted by molar-refractivity contribution is 4.96. The van der Waals surface area contributed by atoms with Crippen molar-refractivity contribution in [1.29, 1.82) is 0 Å². The molecule has 0 bridgehead atoms. The van der Waals surface area contributed by atoms with Crippen LogP contribution in [0.15, 0.2) is 0 Å². The van der Waals surface area contributed by atoms with Crippen molar-refractivity contribution in [2.24, 2.45) is 17.8 Å². The normalized spacial score (nSPS) is 49.5. The molecule has 4 unspecified atom stereocenters. The maximum atomic E-state index is 14.4. The van der Waals surface area contributed by atoms with Crippen LogP contribution < -0.4 is 5.32 Å². The van der Waals surface area contributed by atoms with Crippen molar-refractivity contribution in [1.82, 2.24) is 5.32 Å². The van der Waals surface area contributed by atoms with Crippen molar-refractivity contribution < 1.29 is 4.39 Å². The zero-order valence-corrected chi connectivity index (χ0v) is 9.35. The zero-order chi connectivity index (χ0) is 10.2. The van der Waals surface area contributed by atoms with Gasteiger partial charge in [0.25, 0.3) is 0 Å². The molecule has 0 spiro atoms. The number of halogens is 1. The van der Waals surface area contributed by atoms with Crippen LogP contribution in [0.1, 0.15) is 39.5 Å². The Hall–Kier alpha value is -0.110. The number of hydrogen-bond donors (Lipinski definition) is 1. The summed E-state index contributed by atoms with van der Waals surface area (Å²) in [6.45, 7) is 6.05. The van der Waals surface area contributed by atoms with Gasteiger partial charge in [-0.05, 0) is 43.6 Å². The third kappa shape index (κ3) is 1.81. The van der Waals surface area contributed by atoms with Crippen molar-refractivity contribution in [3.05, 3.63) is 0 Å². The first-order chi connectivity index (χ1) is 6.62. The van der Waals surface area contributed by atoms with Crippen LogP contribution in [0.25, 0.3) is 0 Å². The standard InChI is InChI=1S/C12H22FN/c1-9-3-4-11(7-10(9)2)12(13)5-6-14-8-12/h9-11,14H,3-8H2,1-2H3.